The topological polar surface area (TPSA) is 72.2 Å². The van der Waals surface area contributed by atoms with Crippen molar-refractivity contribution in [1.29, 1.82) is 0 Å². The van der Waals surface area contributed by atoms with Crippen LogP contribution in [0.5, 0.6) is 0 Å². The zero-order valence-corrected chi connectivity index (χ0v) is 10.6. The number of Topliss-reactive ketones (excluding diaryl/α,β-unsaturated/α-hetero) is 1. The number of carbonyl (C=O) groups is 2. The summed E-state index contributed by atoms with van der Waals surface area (Å²) in [4.78, 5) is 23.4. The highest BCUT2D eigenvalue weighted by Crippen LogP contribution is 2.13. The van der Waals surface area contributed by atoms with Crippen molar-refractivity contribution >= 4 is 17.4 Å². The average molecular weight is 272 g/mol. The lowest BCUT2D eigenvalue weighted by Crippen LogP contribution is -2.15. The van der Waals surface area contributed by atoms with Crippen LogP contribution in [0.25, 0.3) is 0 Å². The average Bonchev–Trinajstić information content (AvgIpc) is 2.46. The van der Waals surface area contributed by atoms with E-state index in [1.165, 1.54) is 24.3 Å². The molecule has 2 aromatic carbocycles. The van der Waals surface area contributed by atoms with Gasteiger partial charge in [0, 0.05) is 16.8 Å². The third-order valence-corrected chi connectivity index (χ3v) is 2.71. The largest absolute Gasteiger partial charge is 0.324 e. The lowest BCUT2D eigenvalue weighted by molar-refractivity contribution is 0.0997. The van der Waals surface area contributed by atoms with Gasteiger partial charge in [-0.25, -0.2) is 4.39 Å². The molecule has 0 saturated heterocycles. The van der Waals surface area contributed by atoms with Gasteiger partial charge in [0.1, 0.15) is 5.82 Å². The summed E-state index contributed by atoms with van der Waals surface area (Å²) in [5.41, 5.74) is 6.37. The van der Waals surface area contributed by atoms with Crippen molar-refractivity contribution in [2.24, 2.45) is 5.73 Å². The minimum atomic E-state index is -0.482. The van der Waals surface area contributed by atoms with E-state index in [9.17, 15) is 14.0 Å². The zero-order valence-electron chi connectivity index (χ0n) is 10.6. The summed E-state index contributed by atoms with van der Waals surface area (Å²) in [7, 11) is 0. The molecule has 0 aliphatic rings. The van der Waals surface area contributed by atoms with E-state index in [4.69, 9.17) is 5.73 Å². The summed E-state index contributed by atoms with van der Waals surface area (Å²) in [5, 5.41) is 2.61. The number of benzene rings is 2. The lowest BCUT2D eigenvalue weighted by atomic mass is 10.1. The van der Waals surface area contributed by atoms with Crippen LogP contribution in [0.1, 0.15) is 20.7 Å². The van der Waals surface area contributed by atoms with E-state index in [1.54, 1.807) is 18.2 Å². The van der Waals surface area contributed by atoms with E-state index in [0.717, 1.165) is 6.07 Å². The van der Waals surface area contributed by atoms with E-state index in [2.05, 4.69) is 5.32 Å². The van der Waals surface area contributed by atoms with Gasteiger partial charge in [-0.2, -0.15) is 0 Å². The second kappa shape index (κ2) is 6.08. The van der Waals surface area contributed by atoms with Crippen molar-refractivity contribution in [3.63, 3.8) is 0 Å². The van der Waals surface area contributed by atoms with E-state index in [-0.39, 0.29) is 17.9 Å². The summed E-state index contributed by atoms with van der Waals surface area (Å²) < 4.78 is 13.0. The molecule has 4 nitrogen and oxygen atoms in total. The minimum absolute atomic E-state index is 0.0959. The molecule has 0 radical (unpaired) electrons. The van der Waals surface area contributed by atoms with E-state index in [1.807, 2.05) is 0 Å². The molecule has 0 aliphatic heterocycles. The number of halogens is 1. The normalized spacial score (nSPS) is 10.1. The first-order chi connectivity index (χ1) is 9.60. The van der Waals surface area contributed by atoms with E-state index in [0.29, 0.717) is 11.3 Å². The fraction of sp³-hybridized carbons (Fsp3) is 0.0667. The van der Waals surface area contributed by atoms with Crippen LogP contribution in [-0.4, -0.2) is 18.2 Å². The Hall–Kier alpha value is -2.53. The van der Waals surface area contributed by atoms with Crippen molar-refractivity contribution in [2.45, 2.75) is 0 Å². The first-order valence-electron chi connectivity index (χ1n) is 6.00. The van der Waals surface area contributed by atoms with Gasteiger partial charge in [0.05, 0.1) is 6.54 Å². The molecule has 2 aromatic rings. The number of nitrogens with one attached hydrogen (secondary N) is 1. The van der Waals surface area contributed by atoms with Crippen LogP contribution in [0, 0.1) is 5.82 Å². The fourth-order valence-corrected chi connectivity index (χ4v) is 1.72. The summed E-state index contributed by atoms with van der Waals surface area (Å²) in [6, 6.07) is 11.8. The first-order valence-corrected chi connectivity index (χ1v) is 6.00. The van der Waals surface area contributed by atoms with Crippen molar-refractivity contribution in [2.75, 3.05) is 11.9 Å². The number of hydrogen-bond acceptors (Lipinski definition) is 3. The van der Waals surface area contributed by atoms with Gasteiger partial charge in [-0.3, -0.25) is 9.59 Å². The van der Waals surface area contributed by atoms with Crippen molar-refractivity contribution in [1.82, 2.24) is 0 Å². The Morgan fingerprint density at radius 2 is 1.75 bits per heavy atom. The maximum atomic E-state index is 13.0. The smallest absolute Gasteiger partial charge is 0.255 e. The van der Waals surface area contributed by atoms with Crippen LogP contribution in [0.2, 0.25) is 0 Å². The van der Waals surface area contributed by atoms with Gasteiger partial charge >= 0.3 is 0 Å². The number of amides is 1. The summed E-state index contributed by atoms with van der Waals surface area (Å²) >= 11 is 0. The number of carbonyl (C=O) groups excluding carboxylic acids is 2. The third kappa shape index (κ3) is 3.27. The molecule has 0 spiro atoms. The second-order valence-electron chi connectivity index (χ2n) is 4.17. The molecule has 0 saturated carbocycles. The molecule has 2 rings (SSSR count). The van der Waals surface area contributed by atoms with Gasteiger partial charge in [-0.05, 0) is 30.3 Å². The number of ketones is 1. The molecule has 102 valence electrons. The van der Waals surface area contributed by atoms with E-state index >= 15 is 0 Å². The molecule has 5 heteroatoms. The minimum Gasteiger partial charge on any atom is -0.324 e. The van der Waals surface area contributed by atoms with Gasteiger partial charge in [-0.15, -0.1) is 0 Å². The Labute approximate surface area is 115 Å². The third-order valence-electron chi connectivity index (χ3n) is 2.71. The zero-order chi connectivity index (χ0) is 14.5. The van der Waals surface area contributed by atoms with Crippen LogP contribution in [0.15, 0.2) is 48.5 Å². The SMILES string of the molecule is NCC(=O)c1cccc(NC(=O)c2cccc(F)c2)c1. The van der Waals surface area contributed by atoms with E-state index < -0.39 is 11.7 Å². The summed E-state index contributed by atoms with van der Waals surface area (Å²) in [6.07, 6.45) is 0. The van der Waals surface area contributed by atoms with Gasteiger partial charge in [0.2, 0.25) is 0 Å². The monoisotopic (exact) mass is 272 g/mol. The Balaban J connectivity index is 2.18. The predicted molar refractivity (Wildman–Crippen MR) is 74.2 cm³/mol. The molecule has 0 unspecified atom stereocenters. The summed E-state index contributed by atoms with van der Waals surface area (Å²) in [6.45, 7) is -0.0959. The van der Waals surface area contributed by atoms with Gasteiger partial charge < -0.3 is 11.1 Å². The molecule has 0 atom stereocenters. The standard InChI is InChI=1S/C15H13FN2O2/c16-12-5-1-4-11(7-12)15(20)18-13-6-2-3-10(8-13)14(19)9-17/h1-8H,9,17H2,(H,18,20). The second-order valence-corrected chi connectivity index (χ2v) is 4.17. The molecule has 0 aromatic heterocycles. The molecular formula is C15H13FN2O2. The maximum Gasteiger partial charge on any atom is 0.255 e. The Bertz CT molecular complexity index is 656. The number of hydrogen-bond donors (Lipinski definition) is 2. The molecule has 0 fully saturated rings. The Kier molecular flexibility index (Phi) is 4.22. The highest BCUT2D eigenvalue weighted by molar-refractivity contribution is 6.05. The van der Waals surface area contributed by atoms with Gasteiger partial charge in [-0.1, -0.05) is 18.2 Å². The highest BCUT2D eigenvalue weighted by atomic mass is 19.1. The van der Waals surface area contributed by atoms with Crippen molar-refractivity contribution < 1.29 is 14.0 Å². The van der Waals surface area contributed by atoms with Gasteiger partial charge in [0.25, 0.3) is 5.91 Å². The lowest BCUT2D eigenvalue weighted by Gasteiger charge is -2.07. The molecular weight excluding hydrogens is 259 g/mol. The molecule has 3 N–H and O–H groups in total. The Morgan fingerprint density at radius 1 is 1.05 bits per heavy atom. The molecule has 0 bridgehead atoms. The Morgan fingerprint density at radius 3 is 2.45 bits per heavy atom. The van der Waals surface area contributed by atoms with Crippen LogP contribution < -0.4 is 11.1 Å². The maximum absolute atomic E-state index is 13.0. The number of nitrogens with two attached hydrogens (primary N) is 1. The van der Waals surface area contributed by atoms with Crippen LogP contribution in [-0.2, 0) is 0 Å². The van der Waals surface area contributed by atoms with Gasteiger partial charge in [0.15, 0.2) is 5.78 Å². The molecule has 0 heterocycles. The number of rotatable bonds is 4. The molecule has 20 heavy (non-hydrogen) atoms. The van der Waals surface area contributed by atoms with Crippen LogP contribution >= 0.6 is 0 Å². The molecule has 1 amide bonds. The van der Waals surface area contributed by atoms with Crippen molar-refractivity contribution in [3.05, 3.63) is 65.5 Å². The predicted octanol–water partition coefficient (Wildman–Crippen LogP) is 2.22. The quantitative estimate of drug-likeness (QED) is 0.838. The highest BCUT2D eigenvalue weighted by Gasteiger charge is 2.09. The van der Waals surface area contributed by atoms with Crippen LogP contribution in [0.4, 0.5) is 10.1 Å². The first kappa shape index (κ1) is 13.9. The van der Waals surface area contributed by atoms with Crippen molar-refractivity contribution in [3.8, 4) is 0 Å². The molecule has 0 aliphatic carbocycles. The van der Waals surface area contributed by atoms with Crippen LogP contribution in [0.3, 0.4) is 0 Å². The fourth-order valence-electron chi connectivity index (χ4n) is 1.72. The summed E-state index contributed by atoms with van der Waals surface area (Å²) in [5.74, 6) is -1.14. The number of anilines is 1.